The van der Waals surface area contributed by atoms with E-state index in [0.29, 0.717) is 26.0 Å². The molecule has 0 bridgehead atoms. The van der Waals surface area contributed by atoms with Crippen LogP contribution in [0.15, 0.2) is 0 Å². The van der Waals surface area contributed by atoms with Gasteiger partial charge in [0.1, 0.15) is 0 Å². The molecule has 1 saturated heterocycles. The Hall–Kier alpha value is 0.170. The van der Waals surface area contributed by atoms with Gasteiger partial charge < -0.3 is 15.6 Å². The second-order valence-electron chi connectivity index (χ2n) is 3.96. The summed E-state index contributed by atoms with van der Waals surface area (Å²) < 4.78 is 5.45. The lowest BCUT2D eigenvalue weighted by Crippen LogP contribution is -2.50. The number of nitrogens with two attached hydrogens (primary N) is 1. The van der Waals surface area contributed by atoms with Gasteiger partial charge in [-0.25, -0.2) is 0 Å². The van der Waals surface area contributed by atoms with Gasteiger partial charge in [-0.2, -0.15) is 0 Å². The van der Waals surface area contributed by atoms with Crippen molar-refractivity contribution in [3.05, 3.63) is 0 Å². The van der Waals surface area contributed by atoms with Gasteiger partial charge in [-0.05, 0) is 13.8 Å². The van der Waals surface area contributed by atoms with Crippen LogP contribution in [0, 0.1) is 0 Å². The molecule has 0 aromatic rings. The average Bonchev–Trinajstić information content (AvgIpc) is 1.85. The minimum absolute atomic E-state index is 0. The summed E-state index contributed by atoms with van der Waals surface area (Å²) in [5.41, 5.74) is 4.54. The zero-order valence-electron chi connectivity index (χ0n) is 7.67. The molecule has 1 unspecified atom stereocenters. The van der Waals surface area contributed by atoms with Gasteiger partial charge in [0.15, 0.2) is 0 Å². The third-order valence-electron chi connectivity index (χ3n) is 2.19. The molecule has 3 N–H and O–H groups in total. The average molecular weight is 196 g/mol. The predicted octanol–water partition coefficient (Wildman–Crippen LogP) is 0.687. The van der Waals surface area contributed by atoms with Gasteiger partial charge >= 0.3 is 0 Å². The van der Waals surface area contributed by atoms with E-state index in [9.17, 15) is 5.11 Å². The second kappa shape index (κ2) is 3.92. The first-order valence-electron chi connectivity index (χ1n) is 4.04. The van der Waals surface area contributed by atoms with E-state index in [1.165, 1.54) is 0 Å². The first-order valence-corrected chi connectivity index (χ1v) is 4.04. The lowest BCUT2D eigenvalue weighted by molar-refractivity contribution is -0.139. The molecule has 1 rings (SSSR count). The molecule has 0 aromatic heterocycles. The van der Waals surface area contributed by atoms with E-state index in [0.717, 1.165) is 0 Å². The van der Waals surface area contributed by atoms with E-state index >= 15 is 0 Å². The molecule has 0 radical (unpaired) electrons. The van der Waals surface area contributed by atoms with Gasteiger partial charge in [0, 0.05) is 19.4 Å². The first-order chi connectivity index (χ1) is 4.97. The highest BCUT2D eigenvalue weighted by Gasteiger charge is 2.38. The molecule has 74 valence electrons. The van der Waals surface area contributed by atoms with Crippen LogP contribution < -0.4 is 5.73 Å². The summed E-state index contributed by atoms with van der Waals surface area (Å²) in [5.74, 6) is 0. The maximum Gasteiger partial charge on any atom is 0.0818 e. The van der Waals surface area contributed by atoms with Gasteiger partial charge in [0.25, 0.3) is 0 Å². The topological polar surface area (TPSA) is 55.5 Å². The number of aliphatic hydroxyl groups is 1. The van der Waals surface area contributed by atoms with Crippen molar-refractivity contribution in [3.8, 4) is 0 Å². The third-order valence-corrected chi connectivity index (χ3v) is 2.19. The summed E-state index contributed by atoms with van der Waals surface area (Å²) >= 11 is 0. The maximum atomic E-state index is 9.81. The summed E-state index contributed by atoms with van der Waals surface area (Å²) in [6.07, 6.45) is 1.30. The van der Waals surface area contributed by atoms with Crippen molar-refractivity contribution in [1.82, 2.24) is 0 Å². The van der Waals surface area contributed by atoms with Crippen molar-refractivity contribution in [3.63, 3.8) is 0 Å². The Balaban J connectivity index is 0.00000121. The molecule has 0 aromatic carbocycles. The van der Waals surface area contributed by atoms with Crippen LogP contribution in [0.4, 0.5) is 0 Å². The lowest BCUT2D eigenvalue weighted by atomic mass is 9.84. The van der Waals surface area contributed by atoms with Crippen LogP contribution in [-0.4, -0.2) is 29.5 Å². The van der Waals surface area contributed by atoms with Crippen LogP contribution in [-0.2, 0) is 4.74 Å². The van der Waals surface area contributed by atoms with Crippen molar-refractivity contribution in [2.24, 2.45) is 5.73 Å². The van der Waals surface area contributed by atoms with Crippen molar-refractivity contribution in [1.29, 1.82) is 0 Å². The third kappa shape index (κ3) is 2.90. The highest BCUT2D eigenvalue weighted by molar-refractivity contribution is 5.85. The number of hydrogen-bond donors (Lipinski definition) is 2. The fourth-order valence-corrected chi connectivity index (χ4v) is 1.62. The Labute approximate surface area is 79.7 Å². The molecule has 3 nitrogen and oxygen atoms in total. The van der Waals surface area contributed by atoms with Crippen molar-refractivity contribution >= 4 is 12.4 Å². The van der Waals surface area contributed by atoms with Crippen molar-refractivity contribution < 1.29 is 9.84 Å². The van der Waals surface area contributed by atoms with Gasteiger partial charge in [0.05, 0.1) is 17.8 Å². The quantitative estimate of drug-likeness (QED) is 0.648. The van der Waals surface area contributed by atoms with Gasteiger partial charge in [0.2, 0.25) is 0 Å². The molecule has 0 spiro atoms. The highest BCUT2D eigenvalue weighted by Crippen LogP contribution is 2.30. The molecule has 1 atom stereocenters. The largest absolute Gasteiger partial charge is 0.388 e. The normalized spacial score (nSPS) is 34.0. The maximum absolute atomic E-state index is 9.81. The van der Waals surface area contributed by atoms with Gasteiger partial charge in [-0.15, -0.1) is 12.4 Å². The molecule has 12 heavy (non-hydrogen) atoms. The van der Waals surface area contributed by atoms with Crippen LogP contribution in [0.25, 0.3) is 0 Å². The van der Waals surface area contributed by atoms with Crippen LogP contribution in [0.5, 0.6) is 0 Å². The van der Waals surface area contributed by atoms with Gasteiger partial charge in [-0.1, -0.05) is 0 Å². The fraction of sp³-hybridized carbons (Fsp3) is 1.00. The smallest absolute Gasteiger partial charge is 0.0818 e. The monoisotopic (exact) mass is 195 g/mol. The van der Waals surface area contributed by atoms with E-state index in [4.69, 9.17) is 10.5 Å². The Morgan fingerprint density at radius 1 is 1.50 bits per heavy atom. The van der Waals surface area contributed by atoms with E-state index in [2.05, 4.69) is 0 Å². The molecule has 1 fully saturated rings. The minimum Gasteiger partial charge on any atom is -0.388 e. The van der Waals surface area contributed by atoms with E-state index < -0.39 is 5.60 Å². The summed E-state index contributed by atoms with van der Waals surface area (Å²) in [5, 5.41) is 9.81. The first kappa shape index (κ1) is 12.2. The highest BCUT2D eigenvalue weighted by atomic mass is 35.5. The number of ether oxygens (including phenoxy) is 1. The van der Waals surface area contributed by atoms with Crippen LogP contribution in [0.3, 0.4) is 0 Å². The minimum atomic E-state index is -0.693. The number of hydrogen-bond acceptors (Lipinski definition) is 3. The molecule has 1 aliphatic rings. The Morgan fingerprint density at radius 3 is 2.42 bits per heavy atom. The van der Waals surface area contributed by atoms with Crippen molar-refractivity contribution in [2.45, 2.75) is 37.9 Å². The molecule has 1 heterocycles. The Kier molecular flexibility index (Phi) is 3.97. The molecule has 0 aliphatic carbocycles. The summed E-state index contributed by atoms with van der Waals surface area (Å²) in [4.78, 5) is 0. The molecule has 1 aliphatic heterocycles. The summed E-state index contributed by atoms with van der Waals surface area (Å²) in [7, 11) is 0. The SMILES string of the molecule is CC1(C)CC(O)(CN)CCO1.Cl. The molecule has 0 saturated carbocycles. The van der Waals surface area contributed by atoms with Crippen LogP contribution in [0.1, 0.15) is 26.7 Å². The van der Waals surface area contributed by atoms with E-state index in [1.54, 1.807) is 0 Å². The number of halogens is 1. The molecular formula is C8H18ClNO2. The zero-order valence-corrected chi connectivity index (χ0v) is 8.49. The Bertz CT molecular complexity index is 152. The standard InChI is InChI=1S/C8H17NO2.ClH/c1-7(2)5-8(10,6-9)3-4-11-7;/h10H,3-6,9H2,1-2H3;1H. The molecule has 0 amide bonds. The van der Waals surface area contributed by atoms with E-state index in [1.807, 2.05) is 13.8 Å². The van der Waals surface area contributed by atoms with Gasteiger partial charge in [-0.3, -0.25) is 0 Å². The number of rotatable bonds is 1. The molecule has 4 heteroatoms. The van der Waals surface area contributed by atoms with Crippen LogP contribution in [0.2, 0.25) is 0 Å². The second-order valence-corrected chi connectivity index (χ2v) is 3.96. The fourth-order valence-electron chi connectivity index (χ4n) is 1.62. The van der Waals surface area contributed by atoms with E-state index in [-0.39, 0.29) is 18.0 Å². The Morgan fingerprint density at radius 2 is 2.08 bits per heavy atom. The summed E-state index contributed by atoms with van der Waals surface area (Å²) in [6.45, 7) is 4.90. The zero-order chi connectivity index (χ0) is 8.54. The van der Waals surface area contributed by atoms with Crippen LogP contribution >= 0.6 is 12.4 Å². The molecular weight excluding hydrogens is 178 g/mol. The summed E-state index contributed by atoms with van der Waals surface area (Å²) in [6, 6.07) is 0. The lowest BCUT2D eigenvalue weighted by Gasteiger charge is -2.40. The van der Waals surface area contributed by atoms with Crippen molar-refractivity contribution in [2.75, 3.05) is 13.2 Å². The predicted molar refractivity (Wildman–Crippen MR) is 50.5 cm³/mol.